The number of thiazole rings is 1. The van der Waals surface area contributed by atoms with Crippen molar-refractivity contribution in [2.75, 3.05) is 25.0 Å². The lowest BCUT2D eigenvalue weighted by atomic mass is 10.1. The Morgan fingerprint density at radius 1 is 1.25 bits per heavy atom. The highest BCUT2D eigenvalue weighted by Gasteiger charge is 2.24. The molecule has 0 unspecified atom stereocenters. The van der Waals surface area contributed by atoms with Crippen LogP contribution in [0.3, 0.4) is 0 Å². The van der Waals surface area contributed by atoms with E-state index in [-0.39, 0.29) is 6.10 Å². The van der Waals surface area contributed by atoms with Crippen molar-refractivity contribution in [3.05, 3.63) is 51.9 Å². The average Bonchev–Trinajstić information content (AvgIpc) is 3.17. The molecule has 8 heteroatoms. The zero-order valence-electron chi connectivity index (χ0n) is 16.8. The summed E-state index contributed by atoms with van der Waals surface area (Å²) in [5.41, 5.74) is 4.48. The number of ether oxygens (including phenoxy) is 1. The summed E-state index contributed by atoms with van der Waals surface area (Å²) in [6.07, 6.45) is 1.92. The normalized spacial score (nSPS) is 17.8. The molecule has 0 spiro atoms. The minimum absolute atomic E-state index is 0.0350. The smallest absolute Gasteiger partial charge is 0.188 e. The van der Waals surface area contributed by atoms with Crippen LogP contribution >= 0.6 is 11.3 Å². The van der Waals surface area contributed by atoms with Gasteiger partial charge in [0.25, 0.3) is 0 Å². The number of nitrogens with zero attached hydrogens (tertiary/aromatic N) is 5. The van der Waals surface area contributed by atoms with Gasteiger partial charge in [0.2, 0.25) is 0 Å². The molecule has 1 aliphatic heterocycles. The molecule has 1 atom stereocenters. The lowest BCUT2D eigenvalue weighted by Gasteiger charge is -2.32. The first kappa shape index (κ1) is 19.0. The molecule has 0 bridgehead atoms. The number of aromatic nitrogens is 4. The predicted molar refractivity (Wildman–Crippen MR) is 111 cm³/mol. The number of anilines is 2. The molecule has 0 aliphatic carbocycles. The number of hydrogen-bond donors (Lipinski definition) is 1. The van der Waals surface area contributed by atoms with Crippen LogP contribution in [0.2, 0.25) is 0 Å². The van der Waals surface area contributed by atoms with E-state index in [9.17, 15) is 0 Å². The molecule has 1 saturated heterocycles. The number of nitrogens with one attached hydrogen (secondary N) is 1. The molecule has 0 aromatic carbocycles. The summed E-state index contributed by atoms with van der Waals surface area (Å²) in [7, 11) is 1.98. The average molecular weight is 399 g/mol. The SMILES string of the molecule is Cc1nc(Nc2cccc([C@H]3CN(Cc4cnn(C)c4C)CCO3)n2)sc1C. The fourth-order valence-electron chi connectivity index (χ4n) is 3.30. The summed E-state index contributed by atoms with van der Waals surface area (Å²) in [5.74, 6) is 0.801. The monoisotopic (exact) mass is 398 g/mol. The molecule has 0 saturated carbocycles. The van der Waals surface area contributed by atoms with Crippen LogP contribution in [-0.4, -0.2) is 44.3 Å². The van der Waals surface area contributed by atoms with Gasteiger partial charge in [-0.15, -0.1) is 11.3 Å². The van der Waals surface area contributed by atoms with Crippen LogP contribution in [0.1, 0.15) is 33.6 Å². The Kier molecular flexibility index (Phi) is 5.43. The van der Waals surface area contributed by atoms with E-state index in [4.69, 9.17) is 9.72 Å². The summed E-state index contributed by atoms with van der Waals surface area (Å²) >= 11 is 1.65. The standard InChI is InChI=1S/C20H26N6OS/c1-13-15(3)28-20(22-13)24-19-7-5-6-17(23-19)18-12-26(8-9-27-18)11-16-10-21-25(4)14(16)2/h5-7,10,18H,8-9,11-12H2,1-4H3,(H,22,23,24)/t18-/m1/s1. The Hall–Kier alpha value is -2.29. The zero-order valence-corrected chi connectivity index (χ0v) is 17.6. The van der Waals surface area contributed by atoms with Gasteiger partial charge >= 0.3 is 0 Å². The third-order valence-corrected chi connectivity index (χ3v) is 6.23. The van der Waals surface area contributed by atoms with Gasteiger partial charge in [0.05, 0.1) is 24.2 Å². The van der Waals surface area contributed by atoms with Crippen LogP contribution in [-0.2, 0) is 18.3 Å². The molecule has 1 N–H and O–H groups in total. The molecule has 4 heterocycles. The number of morpholine rings is 1. The largest absolute Gasteiger partial charge is 0.369 e. The molecular weight excluding hydrogens is 372 g/mol. The third kappa shape index (κ3) is 4.09. The highest BCUT2D eigenvalue weighted by molar-refractivity contribution is 7.15. The summed E-state index contributed by atoms with van der Waals surface area (Å²) in [6.45, 7) is 9.54. The Labute approximate surface area is 169 Å². The maximum atomic E-state index is 6.03. The van der Waals surface area contributed by atoms with Crippen LogP contribution in [0.15, 0.2) is 24.4 Å². The fraction of sp³-hybridized carbons (Fsp3) is 0.450. The van der Waals surface area contributed by atoms with Gasteiger partial charge in [-0.2, -0.15) is 5.10 Å². The number of aryl methyl sites for hydroxylation is 3. The molecule has 0 amide bonds. The molecule has 4 rings (SSSR count). The quantitative estimate of drug-likeness (QED) is 0.709. The summed E-state index contributed by atoms with van der Waals surface area (Å²) in [4.78, 5) is 12.9. The number of hydrogen-bond acceptors (Lipinski definition) is 7. The Balaban J connectivity index is 1.45. The molecule has 3 aromatic heterocycles. The van der Waals surface area contributed by atoms with Crippen molar-refractivity contribution in [3.63, 3.8) is 0 Å². The molecule has 148 valence electrons. The van der Waals surface area contributed by atoms with Crippen molar-refractivity contribution in [1.82, 2.24) is 24.6 Å². The molecule has 28 heavy (non-hydrogen) atoms. The van der Waals surface area contributed by atoms with E-state index in [1.807, 2.05) is 43.0 Å². The van der Waals surface area contributed by atoms with Gasteiger partial charge in [-0.25, -0.2) is 9.97 Å². The maximum Gasteiger partial charge on any atom is 0.188 e. The van der Waals surface area contributed by atoms with Crippen molar-refractivity contribution in [3.8, 4) is 0 Å². The topological polar surface area (TPSA) is 68.1 Å². The number of rotatable bonds is 5. The Bertz CT molecular complexity index is 946. The fourth-order valence-corrected chi connectivity index (χ4v) is 4.12. The second-order valence-corrected chi connectivity index (χ2v) is 8.41. The molecular formula is C20H26N6OS. The van der Waals surface area contributed by atoms with Crippen molar-refractivity contribution in [1.29, 1.82) is 0 Å². The summed E-state index contributed by atoms with van der Waals surface area (Å²) in [6, 6.07) is 6.02. The van der Waals surface area contributed by atoms with Gasteiger partial charge in [0, 0.05) is 42.8 Å². The van der Waals surface area contributed by atoms with Crippen LogP contribution in [0.4, 0.5) is 10.9 Å². The Morgan fingerprint density at radius 2 is 2.11 bits per heavy atom. The first-order valence-electron chi connectivity index (χ1n) is 9.49. The van der Waals surface area contributed by atoms with Gasteiger partial charge in [0.1, 0.15) is 11.9 Å². The van der Waals surface area contributed by atoms with E-state index >= 15 is 0 Å². The highest BCUT2D eigenvalue weighted by atomic mass is 32.1. The minimum atomic E-state index is -0.0350. The highest BCUT2D eigenvalue weighted by Crippen LogP contribution is 2.27. The van der Waals surface area contributed by atoms with Gasteiger partial charge in [0.15, 0.2) is 5.13 Å². The summed E-state index contributed by atoms with van der Waals surface area (Å²) < 4.78 is 7.95. The second-order valence-electron chi connectivity index (χ2n) is 7.21. The van der Waals surface area contributed by atoms with Gasteiger partial charge < -0.3 is 10.1 Å². The van der Waals surface area contributed by atoms with E-state index in [2.05, 4.69) is 34.1 Å². The van der Waals surface area contributed by atoms with Gasteiger partial charge in [-0.1, -0.05) is 6.07 Å². The van der Waals surface area contributed by atoms with Gasteiger partial charge in [-0.05, 0) is 32.9 Å². The summed E-state index contributed by atoms with van der Waals surface area (Å²) in [5, 5.41) is 8.55. The molecule has 0 radical (unpaired) electrons. The lowest BCUT2D eigenvalue weighted by Crippen LogP contribution is -2.38. The van der Waals surface area contributed by atoms with Crippen molar-refractivity contribution in [2.45, 2.75) is 33.4 Å². The van der Waals surface area contributed by atoms with Crippen LogP contribution in [0, 0.1) is 20.8 Å². The van der Waals surface area contributed by atoms with Crippen molar-refractivity contribution >= 4 is 22.3 Å². The van der Waals surface area contributed by atoms with Crippen LogP contribution < -0.4 is 5.32 Å². The molecule has 1 fully saturated rings. The van der Waals surface area contributed by atoms with Crippen molar-refractivity contribution in [2.24, 2.45) is 7.05 Å². The molecule has 3 aromatic rings. The first-order valence-corrected chi connectivity index (χ1v) is 10.3. The number of pyridine rings is 1. The van der Waals surface area contributed by atoms with E-state index in [0.29, 0.717) is 6.61 Å². The zero-order chi connectivity index (χ0) is 19.7. The van der Waals surface area contributed by atoms with Crippen molar-refractivity contribution < 1.29 is 4.74 Å². The predicted octanol–water partition coefficient (Wildman–Crippen LogP) is 3.51. The van der Waals surface area contributed by atoms with E-state index < -0.39 is 0 Å². The van der Waals surface area contributed by atoms with Crippen LogP contribution in [0.25, 0.3) is 0 Å². The maximum absolute atomic E-state index is 6.03. The Morgan fingerprint density at radius 3 is 2.82 bits per heavy atom. The lowest BCUT2D eigenvalue weighted by molar-refractivity contribution is -0.0349. The second kappa shape index (κ2) is 7.98. The van der Waals surface area contributed by atoms with Crippen LogP contribution in [0.5, 0.6) is 0 Å². The minimum Gasteiger partial charge on any atom is -0.369 e. The van der Waals surface area contributed by atoms with Gasteiger partial charge in [-0.3, -0.25) is 9.58 Å². The van der Waals surface area contributed by atoms with E-state index in [1.54, 1.807) is 11.3 Å². The first-order chi connectivity index (χ1) is 13.5. The third-order valence-electron chi connectivity index (χ3n) is 5.25. The molecule has 1 aliphatic rings. The van der Waals surface area contributed by atoms with E-state index in [0.717, 1.165) is 42.0 Å². The molecule has 7 nitrogen and oxygen atoms in total. The van der Waals surface area contributed by atoms with E-state index in [1.165, 1.54) is 16.1 Å².